The fourth-order valence-corrected chi connectivity index (χ4v) is 7.20. The van der Waals surface area contributed by atoms with Gasteiger partial charge < -0.3 is 29.3 Å². The van der Waals surface area contributed by atoms with E-state index in [1.807, 2.05) is 54.8 Å². The molecule has 6 rings (SSSR count). The van der Waals surface area contributed by atoms with Crippen molar-refractivity contribution in [2.75, 3.05) is 27.9 Å². The van der Waals surface area contributed by atoms with E-state index in [2.05, 4.69) is 15.6 Å². The number of thiazole rings is 1. The van der Waals surface area contributed by atoms with Crippen molar-refractivity contribution in [3.63, 3.8) is 0 Å². The molecular weight excluding hydrogens is 630 g/mol. The van der Waals surface area contributed by atoms with Crippen LogP contribution in [0.15, 0.2) is 63.1 Å². The van der Waals surface area contributed by atoms with E-state index in [1.165, 1.54) is 20.1 Å². The number of amides is 2. The Kier molecular flexibility index (Phi) is 9.49. The van der Waals surface area contributed by atoms with Crippen LogP contribution in [0.1, 0.15) is 46.8 Å². The zero-order valence-electron chi connectivity index (χ0n) is 27.5. The van der Waals surface area contributed by atoms with Crippen LogP contribution < -0.4 is 30.3 Å². The molecule has 2 aromatic heterocycles. The average Bonchev–Trinajstić information content (AvgIpc) is 3.58. The molecule has 3 aromatic carbocycles. The molecule has 0 saturated heterocycles. The Morgan fingerprint density at radius 2 is 1.81 bits per heavy atom. The summed E-state index contributed by atoms with van der Waals surface area (Å²) in [6, 6.07) is 14.3. The molecule has 1 aliphatic rings. The fraction of sp³-hybridized carbons (Fsp3) is 0.297. The third-order valence-corrected chi connectivity index (χ3v) is 9.52. The first kappa shape index (κ1) is 32.8. The van der Waals surface area contributed by atoms with Crippen LogP contribution in [0, 0.1) is 6.92 Å². The molecule has 48 heavy (non-hydrogen) atoms. The molecule has 10 nitrogen and oxygen atoms in total. The van der Waals surface area contributed by atoms with E-state index in [0.717, 1.165) is 21.8 Å². The van der Waals surface area contributed by atoms with Gasteiger partial charge in [-0.3, -0.25) is 14.4 Å². The standard InChI is InChI=1S/C37H37N3O7S/c1-20-19-48-32(39-20)13-14-38-31(43)18-27-26-16-25-24(17-29(42)35(26)47-34(27)22-9-7-6-8-10-22)28(40-21(2)41)12-11-23-15-30(44-3)36(45-4)37(46-5)33(23)25/h6-10,15-17,19,28H,11-14,18H2,1-5H3,(H,38,43)(H,40,41)/t28-/m0/s1. The maximum atomic E-state index is 14.1. The summed E-state index contributed by atoms with van der Waals surface area (Å²) in [7, 11) is 4.66. The van der Waals surface area contributed by atoms with Gasteiger partial charge in [-0.1, -0.05) is 30.3 Å². The van der Waals surface area contributed by atoms with E-state index in [0.29, 0.717) is 76.5 Å². The van der Waals surface area contributed by atoms with E-state index >= 15 is 0 Å². The van der Waals surface area contributed by atoms with Crippen LogP contribution in [0.25, 0.3) is 33.4 Å². The van der Waals surface area contributed by atoms with Crippen molar-refractivity contribution in [1.82, 2.24) is 15.6 Å². The number of rotatable bonds is 10. The van der Waals surface area contributed by atoms with Crippen LogP contribution in [-0.4, -0.2) is 44.7 Å². The molecule has 1 aliphatic carbocycles. The van der Waals surface area contributed by atoms with Crippen LogP contribution >= 0.6 is 11.3 Å². The number of furan rings is 1. The van der Waals surface area contributed by atoms with Crippen LogP contribution in [0.4, 0.5) is 0 Å². The number of carbonyl (C=O) groups excluding carboxylic acids is 2. The van der Waals surface area contributed by atoms with Crippen molar-refractivity contribution in [2.24, 2.45) is 0 Å². The zero-order chi connectivity index (χ0) is 33.9. The van der Waals surface area contributed by atoms with E-state index in [1.54, 1.807) is 25.6 Å². The summed E-state index contributed by atoms with van der Waals surface area (Å²) < 4.78 is 23.8. The first-order valence-electron chi connectivity index (χ1n) is 15.7. The second-order valence-corrected chi connectivity index (χ2v) is 12.6. The minimum atomic E-state index is -0.481. The van der Waals surface area contributed by atoms with Crippen molar-refractivity contribution in [2.45, 2.75) is 45.6 Å². The van der Waals surface area contributed by atoms with Gasteiger partial charge in [0.2, 0.25) is 23.0 Å². The maximum Gasteiger partial charge on any atom is 0.224 e. The van der Waals surface area contributed by atoms with Gasteiger partial charge in [-0.25, -0.2) is 4.98 Å². The minimum Gasteiger partial charge on any atom is -0.493 e. The van der Waals surface area contributed by atoms with Crippen molar-refractivity contribution in [3.05, 3.63) is 91.5 Å². The molecule has 1 atom stereocenters. The van der Waals surface area contributed by atoms with Crippen molar-refractivity contribution >= 4 is 34.1 Å². The maximum absolute atomic E-state index is 14.1. The summed E-state index contributed by atoms with van der Waals surface area (Å²) in [4.78, 5) is 44.5. The summed E-state index contributed by atoms with van der Waals surface area (Å²) in [6.45, 7) is 3.82. The number of hydrogen-bond donors (Lipinski definition) is 2. The molecule has 2 amide bonds. The lowest BCUT2D eigenvalue weighted by molar-refractivity contribution is -0.121. The Morgan fingerprint density at radius 1 is 1.04 bits per heavy atom. The van der Waals surface area contributed by atoms with Crippen molar-refractivity contribution in [1.29, 1.82) is 0 Å². The summed E-state index contributed by atoms with van der Waals surface area (Å²) in [6.07, 6.45) is 1.66. The van der Waals surface area contributed by atoms with Crippen LogP contribution in [-0.2, 0) is 28.9 Å². The molecule has 0 bridgehead atoms. The molecule has 2 heterocycles. The third-order valence-electron chi connectivity index (χ3n) is 8.50. The summed E-state index contributed by atoms with van der Waals surface area (Å²) in [5.41, 5.74) is 4.90. The summed E-state index contributed by atoms with van der Waals surface area (Å²) >= 11 is 1.56. The Balaban J connectivity index is 1.58. The average molecular weight is 668 g/mol. The highest BCUT2D eigenvalue weighted by atomic mass is 32.1. The van der Waals surface area contributed by atoms with Gasteiger partial charge in [-0.15, -0.1) is 11.3 Å². The molecule has 0 spiro atoms. The largest absolute Gasteiger partial charge is 0.493 e. The lowest BCUT2D eigenvalue weighted by Gasteiger charge is -2.20. The topological polar surface area (TPSA) is 129 Å². The predicted octanol–water partition coefficient (Wildman–Crippen LogP) is 5.94. The van der Waals surface area contributed by atoms with Crippen LogP contribution in [0.3, 0.4) is 0 Å². The van der Waals surface area contributed by atoms with Gasteiger partial charge in [-0.2, -0.15) is 0 Å². The van der Waals surface area contributed by atoms with Crippen molar-refractivity contribution in [3.8, 4) is 39.7 Å². The number of nitrogens with zero attached hydrogens (tertiary/aromatic N) is 1. The second-order valence-electron chi connectivity index (χ2n) is 11.7. The Bertz CT molecular complexity index is 2070. The van der Waals surface area contributed by atoms with E-state index < -0.39 is 6.04 Å². The van der Waals surface area contributed by atoms with Gasteiger partial charge in [-0.05, 0) is 54.7 Å². The molecular formula is C37H37N3O7S. The monoisotopic (exact) mass is 667 g/mol. The first-order chi connectivity index (χ1) is 23.2. The molecule has 0 aliphatic heterocycles. The number of benzene rings is 2. The zero-order valence-corrected chi connectivity index (χ0v) is 28.3. The number of methoxy groups -OCH3 is 3. The molecule has 0 saturated carbocycles. The number of fused-ring (bicyclic) bond motifs is 4. The number of ether oxygens (including phenoxy) is 3. The van der Waals surface area contributed by atoms with Gasteiger partial charge in [0, 0.05) is 53.0 Å². The second kappa shape index (κ2) is 13.9. The van der Waals surface area contributed by atoms with Gasteiger partial charge >= 0.3 is 0 Å². The highest BCUT2D eigenvalue weighted by Crippen LogP contribution is 2.51. The van der Waals surface area contributed by atoms with Gasteiger partial charge in [0.05, 0.1) is 38.8 Å². The number of carbonyl (C=O) groups is 2. The molecule has 5 aromatic rings. The van der Waals surface area contributed by atoms with E-state index in [9.17, 15) is 14.4 Å². The minimum absolute atomic E-state index is 0.0304. The Hall–Kier alpha value is -5.16. The van der Waals surface area contributed by atoms with Crippen molar-refractivity contribution < 1.29 is 28.2 Å². The molecule has 11 heteroatoms. The number of aryl methyl sites for hydroxylation is 2. The Morgan fingerprint density at radius 3 is 2.48 bits per heavy atom. The van der Waals surface area contributed by atoms with E-state index in [4.69, 9.17) is 18.6 Å². The van der Waals surface area contributed by atoms with Gasteiger partial charge in [0.1, 0.15) is 5.76 Å². The molecule has 0 unspecified atom stereocenters. The third kappa shape index (κ3) is 6.37. The molecule has 0 fully saturated rings. The number of hydrogen-bond acceptors (Lipinski definition) is 9. The van der Waals surface area contributed by atoms with Gasteiger partial charge in [0.25, 0.3) is 0 Å². The van der Waals surface area contributed by atoms with E-state index in [-0.39, 0.29) is 29.2 Å². The van der Waals surface area contributed by atoms with Crippen LogP contribution in [0.5, 0.6) is 17.2 Å². The predicted molar refractivity (Wildman–Crippen MR) is 185 cm³/mol. The lowest BCUT2D eigenvalue weighted by atomic mass is 9.94. The van der Waals surface area contributed by atoms with Crippen LogP contribution in [0.2, 0.25) is 0 Å². The first-order valence-corrected chi connectivity index (χ1v) is 16.6. The molecule has 2 N–H and O–H groups in total. The summed E-state index contributed by atoms with van der Waals surface area (Å²) in [5.74, 6) is 1.35. The lowest BCUT2D eigenvalue weighted by Crippen LogP contribution is -2.27. The summed E-state index contributed by atoms with van der Waals surface area (Å²) in [5, 5.41) is 9.49. The quantitative estimate of drug-likeness (QED) is 0.187. The molecule has 0 radical (unpaired) electrons. The normalized spacial score (nSPS) is 13.6. The Labute approximate surface area is 282 Å². The fourth-order valence-electron chi connectivity index (χ4n) is 6.43. The smallest absolute Gasteiger partial charge is 0.224 e. The SMILES string of the molecule is COc1cc2c(c(OC)c1OC)-c1cc3c(CC(=O)NCCc4nc(C)cs4)c(-c4ccccc4)oc3c(=O)cc1[C@@H](NC(C)=O)CC2. The number of aromatic nitrogens is 1. The highest BCUT2D eigenvalue weighted by Gasteiger charge is 2.31. The highest BCUT2D eigenvalue weighted by molar-refractivity contribution is 7.09. The van der Waals surface area contributed by atoms with Gasteiger partial charge in [0.15, 0.2) is 17.1 Å². The molecule has 248 valence electrons. The number of nitrogens with one attached hydrogen (secondary N) is 2.